The topological polar surface area (TPSA) is 75.6 Å². The molecule has 0 unspecified atom stereocenters. The van der Waals surface area contributed by atoms with Crippen molar-refractivity contribution >= 4 is 23.1 Å². The fourth-order valence-electron chi connectivity index (χ4n) is 2.48. The SMILES string of the molecule is CC(C)(C)OC(=O)N1CCN(c2ccc3[nH]c[nH+]c3n2)CC1. The number of aromatic amines is 2. The van der Waals surface area contributed by atoms with Gasteiger partial charge in [-0.3, -0.25) is 4.98 Å². The number of carbonyl (C=O) groups excluding carboxylic acids is 1. The number of aromatic nitrogens is 3. The average molecular weight is 304 g/mol. The van der Waals surface area contributed by atoms with Crippen LogP contribution in [0.25, 0.3) is 11.2 Å². The first kappa shape index (κ1) is 14.6. The second-order valence-electron chi connectivity index (χ2n) is 6.45. The summed E-state index contributed by atoms with van der Waals surface area (Å²) in [6.07, 6.45) is 1.52. The van der Waals surface area contributed by atoms with Crippen molar-refractivity contribution in [1.82, 2.24) is 14.9 Å². The molecule has 1 saturated heterocycles. The summed E-state index contributed by atoms with van der Waals surface area (Å²) in [5, 5.41) is 0. The van der Waals surface area contributed by atoms with Gasteiger partial charge in [-0.05, 0) is 26.8 Å². The molecule has 2 aromatic heterocycles. The van der Waals surface area contributed by atoms with Gasteiger partial charge in [0, 0.05) is 32.2 Å². The molecule has 0 aromatic carbocycles. The van der Waals surface area contributed by atoms with E-state index in [0.717, 1.165) is 30.1 Å². The number of anilines is 1. The number of imidazole rings is 1. The summed E-state index contributed by atoms with van der Waals surface area (Å²) in [6, 6.07) is 4.00. The summed E-state index contributed by atoms with van der Waals surface area (Å²) in [5.41, 5.74) is 1.37. The number of amides is 1. The molecule has 0 bridgehead atoms. The number of rotatable bonds is 1. The van der Waals surface area contributed by atoms with Crippen LogP contribution in [0.3, 0.4) is 0 Å². The van der Waals surface area contributed by atoms with E-state index < -0.39 is 5.60 Å². The lowest BCUT2D eigenvalue weighted by molar-refractivity contribution is -0.347. The van der Waals surface area contributed by atoms with E-state index in [9.17, 15) is 4.79 Å². The summed E-state index contributed by atoms with van der Waals surface area (Å²) in [5.74, 6) is 0.923. The van der Waals surface area contributed by atoms with Crippen molar-refractivity contribution in [2.75, 3.05) is 31.1 Å². The summed E-state index contributed by atoms with van der Waals surface area (Å²) in [7, 11) is 0. The van der Waals surface area contributed by atoms with E-state index in [4.69, 9.17) is 4.74 Å². The molecule has 0 spiro atoms. The highest BCUT2D eigenvalue weighted by atomic mass is 16.6. The Bertz CT molecular complexity index is 668. The smallest absolute Gasteiger partial charge is 0.410 e. The lowest BCUT2D eigenvalue weighted by Crippen LogP contribution is -2.50. The predicted molar refractivity (Wildman–Crippen MR) is 82.7 cm³/mol. The molecule has 7 nitrogen and oxygen atoms in total. The molecule has 7 heteroatoms. The third kappa shape index (κ3) is 3.13. The molecule has 0 radical (unpaired) electrons. The lowest BCUT2D eigenvalue weighted by atomic mass is 10.2. The quantitative estimate of drug-likeness (QED) is 0.865. The molecule has 1 fully saturated rings. The Morgan fingerprint density at radius 2 is 2.00 bits per heavy atom. The molecule has 3 heterocycles. The number of nitrogens with one attached hydrogen (secondary N) is 2. The normalized spacial score (nSPS) is 16.1. The summed E-state index contributed by atoms with van der Waals surface area (Å²) >= 11 is 0. The summed E-state index contributed by atoms with van der Waals surface area (Å²) in [6.45, 7) is 8.44. The number of pyridine rings is 1. The van der Waals surface area contributed by atoms with Crippen LogP contribution in [0.1, 0.15) is 20.8 Å². The number of hydrogen-bond acceptors (Lipinski definition) is 4. The van der Waals surface area contributed by atoms with E-state index in [2.05, 4.69) is 19.9 Å². The van der Waals surface area contributed by atoms with Crippen LogP contribution in [-0.4, -0.2) is 52.7 Å². The van der Waals surface area contributed by atoms with Gasteiger partial charge in [-0.25, -0.2) is 9.78 Å². The van der Waals surface area contributed by atoms with Crippen LogP contribution in [0.15, 0.2) is 18.5 Å². The van der Waals surface area contributed by atoms with Crippen LogP contribution in [0, 0.1) is 0 Å². The molecule has 118 valence electrons. The Morgan fingerprint density at radius 3 is 2.68 bits per heavy atom. The molecule has 0 saturated carbocycles. The van der Waals surface area contributed by atoms with Gasteiger partial charge in [0.2, 0.25) is 5.82 Å². The van der Waals surface area contributed by atoms with Gasteiger partial charge in [-0.2, -0.15) is 0 Å². The molecule has 2 aromatic rings. The highest BCUT2D eigenvalue weighted by Gasteiger charge is 2.27. The second-order valence-corrected chi connectivity index (χ2v) is 6.45. The van der Waals surface area contributed by atoms with Crippen molar-refractivity contribution in [3.63, 3.8) is 0 Å². The molecule has 3 rings (SSSR count). The maximum absolute atomic E-state index is 12.1. The number of fused-ring (bicyclic) bond motifs is 1. The standard InChI is InChI=1S/C15H21N5O2/c1-15(2,3)22-14(21)20-8-6-19(7-9-20)12-5-4-11-13(18-12)17-10-16-11/h4-5,10H,6-9H2,1-3H3,(H,16,17,18)/p+1. The van der Waals surface area contributed by atoms with E-state index in [1.165, 1.54) is 0 Å². The van der Waals surface area contributed by atoms with Crippen LogP contribution in [0.2, 0.25) is 0 Å². The van der Waals surface area contributed by atoms with Crippen LogP contribution < -0.4 is 9.88 Å². The van der Waals surface area contributed by atoms with Gasteiger partial charge in [-0.15, -0.1) is 0 Å². The lowest BCUT2D eigenvalue weighted by Gasteiger charge is -2.35. The van der Waals surface area contributed by atoms with Gasteiger partial charge in [-0.1, -0.05) is 4.98 Å². The number of H-pyrrole nitrogens is 2. The van der Waals surface area contributed by atoms with Crippen molar-refractivity contribution in [3.05, 3.63) is 18.5 Å². The molecular weight excluding hydrogens is 282 g/mol. The molecule has 1 aliphatic rings. The van der Waals surface area contributed by atoms with Gasteiger partial charge in [0.15, 0.2) is 11.8 Å². The molecule has 2 N–H and O–H groups in total. The first-order valence-corrected chi connectivity index (χ1v) is 7.51. The third-order valence-corrected chi connectivity index (χ3v) is 3.57. The number of piperazine rings is 1. The van der Waals surface area contributed by atoms with Crippen molar-refractivity contribution < 1.29 is 14.5 Å². The first-order valence-electron chi connectivity index (χ1n) is 7.51. The Balaban J connectivity index is 1.62. The zero-order valence-electron chi connectivity index (χ0n) is 13.2. The van der Waals surface area contributed by atoms with Crippen molar-refractivity contribution in [1.29, 1.82) is 0 Å². The van der Waals surface area contributed by atoms with Crippen LogP contribution >= 0.6 is 0 Å². The minimum absolute atomic E-state index is 0.241. The predicted octanol–water partition coefficient (Wildman–Crippen LogP) is 1.43. The fraction of sp³-hybridized carbons (Fsp3) is 0.533. The highest BCUT2D eigenvalue weighted by molar-refractivity contribution is 5.70. The molecule has 1 aliphatic heterocycles. The minimum Gasteiger partial charge on any atom is -0.444 e. The van der Waals surface area contributed by atoms with Crippen molar-refractivity contribution in [2.45, 2.75) is 26.4 Å². The number of ether oxygens (including phenoxy) is 1. The maximum atomic E-state index is 12.1. The fourth-order valence-corrected chi connectivity index (χ4v) is 2.48. The zero-order valence-corrected chi connectivity index (χ0v) is 13.2. The number of carbonyl (C=O) groups is 1. The maximum Gasteiger partial charge on any atom is 0.410 e. The zero-order chi connectivity index (χ0) is 15.7. The molecule has 22 heavy (non-hydrogen) atoms. The number of hydrogen-bond donors (Lipinski definition) is 1. The third-order valence-electron chi connectivity index (χ3n) is 3.57. The monoisotopic (exact) mass is 304 g/mol. The van der Waals surface area contributed by atoms with E-state index >= 15 is 0 Å². The Labute approximate surface area is 129 Å². The Hall–Kier alpha value is -2.31. The van der Waals surface area contributed by atoms with Gasteiger partial charge in [0.05, 0.1) is 0 Å². The first-order chi connectivity index (χ1) is 10.4. The Morgan fingerprint density at radius 1 is 1.27 bits per heavy atom. The van der Waals surface area contributed by atoms with Gasteiger partial charge >= 0.3 is 11.7 Å². The minimum atomic E-state index is -0.453. The van der Waals surface area contributed by atoms with E-state index in [1.807, 2.05) is 32.9 Å². The van der Waals surface area contributed by atoms with Gasteiger partial charge in [0.1, 0.15) is 5.60 Å². The van der Waals surface area contributed by atoms with E-state index in [-0.39, 0.29) is 6.09 Å². The Kier molecular flexibility index (Phi) is 3.64. The van der Waals surface area contributed by atoms with Crippen LogP contribution in [0.4, 0.5) is 10.6 Å². The van der Waals surface area contributed by atoms with Crippen molar-refractivity contribution in [2.24, 2.45) is 0 Å². The molecule has 0 atom stereocenters. The molecule has 1 amide bonds. The van der Waals surface area contributed by atoms with E-state index in [0.29, 0.717) is 13.1 Å². The van der Waals surface area contributed by atoms with Crippen LogP contribution in [0.5, 0.6) is 0 Å². The van der Waals surface area contributed by atoms with Crippen LogP contribution in [-0.2, 0) is 4.74 Å². The largest absolute Gasteiger partial charge is 0.444 e. The summed E-state index contributed by atoms with van der Waals surface area (Å²) < 4.78 is 5.41. The highest BCUT2D eigenvalue weighted by Crippen LogP contribution is 2.17. The number of nitrogens with zero attached hydrogens (tertiary/aromatic N) is 3. The van der Waals surface area contributed by atoms with Gasteiger partial charge < -0.3 is 14.5 Å². The summed E-state index contributed by atoms with van der Waals surface area (Å²) in [4.78, 5) is 26.7. The molecular formula is C15H22N5O2+. The van der Waals surface area contributed by atoms with Crippen molar-refractivity contribution in [3.8, 4) is 0 Å². The van der Waals surface area contributed by atoms with E-state index in [1.54, 1.807) is 11.2 Å². The second kappa shape index (κ2) is 5.47. The average Bonchev–Trinajstić information content (AvgIpc) is 2.93. The molecule has 0 aliphatic carbocycles. The van der Waals surface area contributed by atoms with Gasteiger partial charge in [0.25, 0.3) is 0 Å².